The number of aryl methyl sites for hydroxylation is 1. The summed E-state index contributed by atoms with van der Waals surface area (Å²) in [6, 6.07) is 1.15. The van der Waals surface area contributed by atoms with Gasteiger partial charge in [0, 0.05) is 36.9 Å². The normalized spacial score (nSPS) is 21.6. The Labute approximate surface area is 104 Å². The van der Waals surface area contributed by atoms with Gasteiger partial charge in [0.1, 0.15) is 0 Å². The van der Waals surface area contributed by atoms with Gasteiger partial charge in [-0.2, -0.15) is 5.10 Å². The van der Waals surface area contributed by atoms with Crippen molar-refractivity contribution < 1.29 is 0 Å². The quantitative estimate of drug-likeness (QED) is 0.867. The highest BCUT2D eigenvalue weighted by molar-refractivity contribution is 5.24. The van der Waals surface area contributed by atoms with Crippen LogP contribution in [0.4, 0.5) is 0 Å². The Morgan fingerprint density at radius 1 is 1.41 bits per heavy atom. The summed E-state index contributed by atoms with van der Waals surface area (Å²) in [7, 11) is 0. The molecule has 2 heterocycles. The first-order valence-corrected chi connectivity index (χ1v) is 6.53. The van der Waals surface area contributed by atoms with E-state index in [9.17, 15) is 0 Å². The van der Waals surface area contributed by atoms with Crippen LogP contribution in [0.25, 0.3) is 0 Å². The molecule has 1 aromatic heterocycles. The van der Waals surface area contributed by atoms with Gasteiger partial charge in [-0.3, -0.25) is 9.58 Å². The van der Waals surface area contributed by atoms with Crippen LogP contribution in [-0.4, -0.2) is 33.8 Å². The number of aromatic nitrogens is 2. The van der Waals surface area contributed by atoms with Crippen molar-refractivity contribution in [3.63, 3.8) is 0 Å². The van der Waals surface area contributed by atoms with Gasteiger partial charge in [0.25, 0.3) is 0 Å². The standard InChI is InChI=1S/C13H24N4/c1-9(2)16-6-5-12(8-16)17-11(4)13(7-14)10(3)15-17/h9,12H,5-8,14H2,1-4H3. The Morgan fingerprint density at radius 3 is 2.59 bits per heavy atom. The van der Waals surface area contributed by atoms with Crippen LogP contribution in [0.5, 0.6) is 0 Å². The van der Waals surface area contributed by atoms with Crippen LogP contribution in [0.1, 0.15) is 43.3 Å². The monoisotopic (exact) mass is 236 g/mol. The molecule has 0 saturated carbocycles. The van der Waals surface area contributed by atoms with Crippen molar-refractivity contribution in [2.75, 3.05) is 13.1 Å². The van der Waals surface area contributed by atoms with Crippen LogP contribution in [-0.2, 0) is 6.54 Å². The number of nitrogens with two attached hydrogens (primary N) is 1. The second kappa shape index (κ2) is 4.78. The van der Waals surface area contributed by atoms with Gasteiger partial charge in [0.2, 0.25) is 0 Å². The van der Waals surface area contributed by atoms with Gasteiger partial charge in [-0.15, -0.1) is 0 Å². The first-order valence-electron chi connectivity index (χ1n) is 6.53. The molecule has 1 unspecified atom stereocenters. The third kappa shape index (κ3) is 2.24. The van der Waals surface area contributed by atoms with Crippen molar-refractivity contribution in [3.8, 4) is 0 Å². The van der Waals surface area contributed by atoms with Gasteiger partial charge < -0.3 is 5.73 Å². The summed E-state index contributed by atoms with van der Waals surface area (Å²) in [6.07, 6.45) is 1.20. The molecule has 2 N–H and O–H groups in total. The maximum absolute atomic E-state index is 5.78. The molecular formula is C13H24N4. The molecule has 4 heteroatoms. The van der Waals surface area contributed by atoms with E-state index in [4.69, 9.17) is 5.73 Å². The van der Waals surface area contributed by atoms with Crippen LogP contribution in [0.3, 0.4) is 0 Å². The fraction of sp³-hybridized carbons (Fsp3) is 0.769. The Bertz CT molecular complexity index is 394. The molecule has 1 atom stereocenters. The molecule has 0 radical (unpaired) electrons. The molecule has 1 aromatic rings. The van der Waals surface area contributed by atoms with Crippen molar-refractivity contribution in [1.82, 2.24) is 14.7 Å². The smallest absolute Gasteiger partial charge is 0.0661 e. The maximum Gasteiger partial charge on any atom is 0.0661 e. The molecule has 0 aliphatic carbocycles. The first-order chi connectivity index (χ1) is 8.04. The average Bonchev–Trinajstić information content (AvgIpc) is 2.84. The largest absolute Gasteiger partial charge is 0.326 e. The van der Waals surface area contributed by atoms with Crippen molar-refractivity contribution in [2.45, 2.75) is 52.7 Å². The zero-order chi connectivity index (χ0) is 12.6. The number of nitrogens with zero attached hydrogens (tertiary/aromatic N) is 3. The van der Waals surface area contributed by atoms with E-state index in [1.165, 1.54) is 24.2 Å². The topological polar surface area (TPSA) is 47.1 Å². The van der Waals surface area contributed by atoms with E-state index in [0.717, 1.165) is 12.2 Å². The molecule has 0 spiro atoms. The summed E-state index contributed by atoms with van der Waals surface area (Å²) < 4.78 is 2.19. The number of rotatable bonds is 3. The first kappa shape index (κ1) is 12.6. The second-order valence-corrected chi connectivity index (χ2v) is 5.33. The molecule has 2 rings (SSSR count). The molecule has 1 saturated heterocycles. The maximum atomic E-state index is 5.78. The van der Waals surface area contributed by atoms with Crippen molar-refractivity contribution in [2.24, 2.45) is 5.73 Å². The summed E-state index contributed by atoms with van der Waals surface area (Å²) in [5.41, 5.74) is 9.33. The summed E-state index contributed by atoms with van der Waals surface area (Å²) in [6.45, 7) is 11.6. The highest BCUT2D eigenvalue weighted by atomic mass is 15.3. The van der Waals surface area contributed by atoms with Gasteiger partial charge in [-0.25, -0.2) is 0 Å². The highest BCUT2D eigenvalue weighted by Gasteiger charge is 2.27. The SMILES string of the molecule is Cc1nn(C2CCN(C(C)C)C2)c(C)c1CN. The molecular weight excluding hydrogens is 212 g/mol. The Balaban J connectivity index is 2.19. The molecule has 1 aliphatic heterocycles. The fourth-order valence-electron chi connectivity index (χ4n) is 2.78. The fourth-order valence-corrected chi connectivity index (χ4v) is 2.78. The minimum Gasteiger partial charge on any atom is -0.326 e. The predicted octanol–water partition coefficient (Wildman–Crippen LogP) is 1.61. The van der Waals surface area contributed by atoms with Crippen LogP contribution in [0.15, 0.2) is 0 Å². The zero-order valence-corrected chi connectivity index (χ0v) is 11.4. The van der Waals surface area contributed by atoms with E-state index >= 15 is 0 Å². The third-order valence-corrected chi connectivity index (χ3v) is 3.95. The Kier molecular flexibility index (Phi) is 3.54. The highest BCUT2D eigenvalue weighted by Crippen LogP contribution is 2.26. The summed E-state index contributed by atoms with van der Waals surface area (Å²) in [4.78, 5) is 2.52. The van der Waals surface area contributed by atoms with Crippen LogP contribution in [0, 0.1) is 13.8 Å². The minimum absolute atomic E-state index is 0.524. The molecule has 0 bridgehead atoms. The zero-order valence-electron chi connectivity index (χ0n) is 11.4. The molecule has 4 nitrogen and oxygen atoms in total. The summed E-state index contributed by atoms with van der Waals surface area (Å²) in [5, 5.41) is 4.67. The summed E-state index contributed by atoms with van der Waals surface area (Å²) >= 11 is 0. The molecule has 96 valence electrons. The van der Waals surface area contributed by atoms with Gasteiger partial charge in [0.15, 0.2) is 0 Å². The minimum atomic E-state index is 0.524. The van der Waals surface area contributed by atoms with E-state index in [1.807, 2.05) is 0 Å². The molecule has 0 aromatic carbocycles. The van der Waals surface area contributed by atoms with Gasteiger partial charge >= 0.3 is 0 Å². The lowest BCUT2D eigenvalue weighted by molar-refractivity contribution is 0.262. The van der Waals surface area contributed by atoms with Crippen molar-refractivity contribution in [1.29, 1.82) is 0 Å². The predicted molar refractivity (Wildman–Crippen MR) is 70.0 cm³/mol. The van der Waals surface area contributed by atoms with Crippen molar-refractivity contribution >= 4 is 0 Å². The van der Waals surface area contributed by atoms with Gasteiger partial charge in [0.05, 0.1) is 11.7 Å². The number of likely N-dealkylation sites (tertiary alicyclic amines) is 1. The van der Waals surface area contributed by atoms with E-state index in [-0.39, 0.29) is 0 Å². The van der Waals surface area contributed by atoms with E-state index in [1.54, 1.807) is 0 Å². The van der Waals surface area contributed by atoms with Gasteiger partial charge in [-0.05, 0) is 34.1 Å². The van der Waals surface area contributed by atoms with Gasteiger partial charge in [-0.1, -0.05) is 0 Å². The van der Waals surface area contributed by atoms with E-state index in [0.29, 0.717) is 18.6 Å². The Hall–Kier alpha value is -0.870. The van der Waals surface area contributed by atoms with Crippen molar-refractivity contribution in [3.05, 3.63) is 17.0 Å². The van der Waals surface area contributed by atoms with Crippen LogP contribution < -0.4 is 5.73 Å². The van der Waals surface area contributed by atoms with Crippen LogP contribution in [0.2, 0.25) is 0 Å². The Morgan fingerprint density at radius 2 is 2.12 bits per heavy atom. The molecule has 1 aliphatic rings. The molecule has 0 amide bonds. The average molecular weight is 236 g/mol. The van der Waals surface area contributed by atoms with Crippen LogP contribution >= 0.6 is 0 Å². The molecule has 17 heavy (non-hydrogen) atoms. The van der Waals surface area contributed by atoms with E-state index < -0.39 is 0 Å². The lowest BCUT2D eigenvalue weighted by Crippen LogP contribution is -2.29. The lowest BCUT2D eigenvalue weighted by atomic mass is 10.2. The lowest BCUT2D eigenvalue weighted by Gasteiger charge is -2.20. The number of hydrogen-bond acceptors (Lipinski definition) is 3. The second-order valence-electron chi connectivity index (χ2n) is 5.33. The third-order valence-electron chi connectivity index (χ3n) is 3.95. The molecule has 1 fully saturated rings. The van der Waals surface area contributed by atoms with E-state index in [2.05, 4.69) is 42.4 Å². The summed E-state index contributed by atoms with van der Waals surface area (Å²) in [5.74, 6) is 0. The number of hydrogen-bond donors (Lipinski definition) is 1.